The standard InChI is InChI=1S/C15H23N5O/c1-18-8-3-5-13(18)15(21)20-10-4-9-19(11-12-20)14-6-2-7-16-17-14/h2,6-7,13H,3-5,8-12H2,1H3. The molecule has 1 unspecified atom stereocenters. The van der Waals surface area contributed by atoms with Crippen molar-refractivity contribution in [2.45, 2.75) is 25.3 Å². The number of rotatable bonds is 2. The van der Waals surface area contributed by atoms with Crippen molar-refractivity contribution in [1.82, 2.24) is 20.0 Å². The van der Waals surface area contributed by atoms with E-state index >= 15 is 0 Å². The van der Waals surface area contributed by atoms with E-state index in [2.05, 4.69) is 27.0 Å². The minimum atomic E-state index is 0.0908. The van der Waals surface area contributed by atoms with Gasteiger partial charge in [0.2, 0.25) is 5.91 Å². The maximum atomic E-state index is 12.6. The highest BCUT2D eigenvalue weighted by Crippen LogP contribution is 2.19. The molecule has 0 saturated carbocycles. The van der Waals surface area contributed by atoms with Crippen LogP contribution in [0.1, 0.15) is 19.3 Å². The van der Waals surface area contributed by atoms with E-state index in [-0.39, 0.29) is 6.04 Å². The maximum absolute atomic E-state index is 12.6. The summed E-state index contributed by atoms with van der Waals surface area (Å²) < 4.78 is 0. The summed E-state index contributed by atoms with van der Waals surface area (Å²) in [7, 11) is 2.05. The molecular weight excluding hydrogens is 266 g/mol. The fourth-order valence-corrected chi connectivity index (χ4v) is 3.26. The van der Waals surface area contributed by atoms with Crippen molar-refractivity contribution in [2.75, 3.05) is 44.7 Å². The molecule has 1 amide bonds. The predicted octanol–water partition coefficient (Wildman–Crippen LogP) is 0.609. The van der Waals surface area contributed by atoms with Gasteiger partial charge in [0, 0.05) is 32.4 Å². The van der Waals surface area contributed by atoms with Crippen molar-refractivity contribution in [2.24, 2.45) is 0 Å². The van der Waals surface area contributed by atoms with Crippen LogP contribution in [-0.4, -0.2) is 71.7 Å². The third kappa shape index (κ3) is 3.15. The summed E-state index contributed by atoms with van der Waals surface area (Å²) in [5.74, 6) is 1.21. The second-order valence-corrected chi connectivity index (χ2v) is 5.89. The number of nitrogens with zero attached hydrogens (tertiary/aromatic N) is 5. The molecule has 0 spiro atoms. The van der Waals surface area contributed by atoms with Crippen LogP contribution in [0.15, 0.2) is 18.3 Å². The van der Waals surface area contributed by atoms with Crippen molar-refractivity contribution in [3.05, 3.63) is 18.3 Å². The van der Waals surface area contributed by atoms with Gasteiger partial charge < -0.3 is 9.80 Å². The van der Waals surface area contributed by atoms with Gasteiger partial charge >= 0.3 is 0 Å². The van der Waals surface area contributed by atoms with Gasteiger partial charge in [0.25, 0.3) is 0 Å². The molecule has 3 heterocycles. The molecule has 1 aromatic heterocycles. The zero-order valence-electron chi connectivity index (χ0n) is 12.6. The zero-order valence-corrected chi connectivity index (χ0v) is 12.6. The van der Waals surface area contributed by atoms with Crippen molar-refractivity contribution < 1.29 is 4.79 Å². The normalized spacial score (nSPS) is 24.1. The number of amides is 1. The molecule has 3 rings (SSSR count). The molecule has 21 heavy (non-hydrogen) atoms. The van der Waals surface area contributed by atoms with Gasteiger partial charge in [0.05, 0.1) is 6.04 Å². The van der Waals surface area contributed by atoms with E-state index in [1.807, 2.05) is 17.0 Å². The molecule has 6 nitrogen and oxygen atoms in total. The topological polar surface area (TPSA) is 52.6 Å². The van der Waals surface area contributed by atoms with Gasteiger partial charge in [0.1, 0.15) is 0 Å². The molecule has 0 bridgehead atoms. The van der Waals surface area contributed by atoms with Crippen LogP contribution >= 0.6 is 0 Å². The number of likely N-dealkylation sites (tertiary alicyclic amines) is 1. The molecule has 0 radical (unpaired) electrons. The van der Waals surface area contributed by atoms with Crippen LogP contribution in [0.4, 0.5) is 5.82 Å². The van der Waals surface area contributed by atoms with Gasteiger partial charge in [-0.1, -0.05) is 0 Å². The van der Waals surface area contributed by atoms with Crippen LogP contribution in [0.2, 0.25) is 0 Å². The summed E-state index contributed by atoms with van der Waals surface area (Å²) in [4.78, 5) is 19.1. The van der Waals surface area contributed by atoms with E-state index in [4.69, 9.17) is 0 Å². The van der Waals surface area contributed by atoms with Crippen LogP contribution in [0.5, 0.6) is 0 Å². The van der Waals surface area contributed by atoms with Crippen LogP contribution in [-0.2, 0) is 4.79 Å². The lowest BCUT2D eigenvalue weighted by atomic mass is 10.2. The molecule has 1 atom stereocenters. The van der Waals surface area contributed by atoms with Crippen LogP contribution in [0.3, 0.4) is 0 Å². The third-order valence-electron chi connectivity index (χ3n) is 4.50. The quantitative estimate of drug-likeness (QED) is 0.798. The maximum Gasteiger partial charge on any atom is 0.239 e. The van der Waals surface area contributed by atoms with Gasteiger partial charge in [-0.25, -0.2) is 0 Å². The molecule has 2 saturated heterocycles. The molecule has 114 valence electrons. The van der Waals surface area contributed by atoms with Gasteiger partial charge in [0.15, 0.2) is 5.82 Å². The first-order valence-electron chi connectivity index (χ1n) is 7.77. The highest BCUT2D eigenvalue weighted by Gasteiger charge is 2.32. The second kappa shape index (κ2) is 6.39. The average Bonchev–Trinajstić information content (AvgIpc) is 2.80. The summed E-state index contributed by atoms with van der Waals surface area (Å²) in [5.41, 5.74) is 0. The monoisotopic (exact) mass is 289 g/mol. The average molecular weight is 289 g/mol. The Morgan fingerprint density at radius 3 is 2.81 bits per heavy atom. The zero-order chi connectivity index (χ0) is 14.7. The molecule has 1 aromatic rings. The van der Waals surface area contributed by atoms with Gasteiger partial charge in [-0.3, -0.25) is 9.69 Å². The first-order valence-corrected chi connectivity index (χ1v) is 7.77. The summed E-state index contributed by atoms with van der Waals surface area (Å²) >= 11 is 0. The molecule has 2 fully saturated rings. The minimum Gasteiger partial charge on any atom is -0.353 e. The fourth-order valence-electron chi connectivity index (χ4n) is 3.26. The SMILES string of the molecule is CN1CCCC1C(=O)N1CCCN(c2cccnn2)CC1. The predicted molar refractivity (Wildman–Crippen MR) is 81.1 cm³/mol. The molecule has 6 heteroatoms. The van der Waals surface area contributed by atoms with E-state index < -0.39 is 0 Å². The number of likely N-dealkylation sites (N-methyl/N-ethyl adjacent to an activating group) is 1. The van der Waals surface area contributed by atoms with E-state index in [1.54, 1.807) is 6.20 Å². The number of hydrogen-bond acceptors (Lipinski definition) is 5. The molecule has 2 aliphatic rings. The smallest absolute Gasteiger partial charge is 0.239 e. The van der Waals surface area contributed by atoms with Crippen LogP contribution in [0.25, 0.3) is 0 Å². The number of aromatic nitrogens is 2. The lowest BCUT2D eigenvalue weighted by molar-refractivity contribution is -0.135. The Kier molecular flexibility index (Phi) is 4.34. The Labute approximate surface area is 125 Å². The Hall–Kier alpha value is -1.69. The summed E-state index contributed by atoms with van der Waals surface area (Å²) in [6, 6.07) is 3.98. The summed E-state index contributed by atoms with van der Waals surface area (Å²) in [6.07, 6.45) is 4.80. The summed E-state index contributed by atoms with van der Waals surface area (Å²) in [5, 5.41) is 8.11. The lowest BCUT2D eigenvalue weighted by Crippen LogP contribution is -2.45. The van der Waals surface area contributed by atoms with Gasteiger partial charge in [-0.15, -0.1) is 5.10 Å². The minimum absolute atomic E-state index is 0.0908. The largest absolute Gasteiger partial charge is 0.353 e. The molecule has 2 aliphatic heterocycles. The lowest BCUT2D eigenvalue weighted by Gasteiger charge is -2.27. The molecule has 0 aliphatic carbocycles. The Morgan fingerprint density at radius 2 is 2.10 bits per heavy atom. The van der Waals surface area contributed by atoms with E-state index in [1.165, 1.54) is 0 Å². The van der Waals surface area contributed by atoms with Crippen LogP contribution < -0.4 is 4.90 Å². The summed E-state index contributed by atoms with van der Waals surface area (Å²) in [6.45, 7) is 4.43. The van der Waals surface area contributed by atoms with Crippen molar-refractivity contribution in [3.8, 4) is 0 Å². The Morgan fingerprint density at radius 1 is 1.19 bits per heavy atom. The molecule has 0 aromatic carbocycles. The first-order chi connectivity index (χ1) is 10.3. The Balaban J connectivity index is 1.62. The highest BCUT2D eigenvalue weighted by atomic mass is 16.2. The van der Waals surface area contributed by atoms with Gasteiger partial charge in [-0.2, -0.15) is 5.10 Å². The van der Waals surface area contributed by atoms with Crippen molar-refractivity contribution >= 4 is 11.7 Å². The first kappa shape index (κ1) is 14.3. The van der Waals surface area contributed by atoms with Crippen molar-refractivity contribution in [1.29, 1.82) is 0 Å². The number of carbonyl (C=O) groups excluding carboxylic acids is 1. The van der Waals surface area contributed by atoms with E-state index in [9.17, 15) is 4.79 Å². The Bertz CT molecular complexity index is 480. The molecular formula is C15H23N5O. The number of anilines is 1. The number of hydrogen-bond donors (Lipinski definition) is 0. The van der Waals surface area contributed by atoms with Crippen molar-refractivity contribution in [3.63, 3.8) is 0 Å². The van der Waals surface area contributed by atoms with Crippen LogP contribution in [0, 0.1) is 0 Å². The van der Waals surface area contributed by atoms with E-state index in [0.29, 0.717) is 5.91 Å². The molecule has 0 N–H and O–H groups in total. The second-order valence-electron chi connectivity index (χ2n) is 5.89. The number of carbonyl (C=O) groups is 1. The van der Waals surface area contributed by atoms with E-state index in [0.717, 1.165) is 57.8 Å². The third-order valence-corrected chi connectivity index (χ3v) is 4.50. The van der Waals surface area contributed by atoms with Gasteiger partial charge in [-0.05, 0) is 45.0 Å². The fraction of sp³-hybridized carbons (Fsp3) is 0.667. The highest BCUT2D eigenvalue weighted by molar-refractivity contribution is 5.82.